The summed E-state index contributed by atoms with van der Waals surface area (Å²) in [6.45, 7) is 6.71. The number of imidazole rings is 1. The van der Waals surface area contributed by atoms with E-state index in [1.807, 2.05) is 12.1 Å². The van der Waals surface area contributed by atoms with Gasteiger partial charge in [-0.3, -0.25) is 0 Å². The highest BCUT2D eigenvalue weighted by atomic mass is 15.1. The van der Waals surface area contributed by atoms with E-state index < -0.39 is 0 Å². The van der Waals surface area contributed by atoms with Crippen LogP contribution in [0.5, 0.6) is 0 Å². The maximum atomic E-state index is 5.91. The van der Waals surface area contributed by atoms with Crippen LogP contribution in [0.25, 0.3) is 11.0 Å². The number of rotatable bonds is 5. The largest absolute Gasteiger partial charge is 0.399 e. The molecule has 0 radical (unpaired) electrons. The van der Waals surface area contributed by atoms with Gasteiger partial charge in [-0.25, -0.2) is 4.98 Å². The molecule has 114 valence electrons. The molecule has 1 saturated carbocycles. The standard InChI is InChI=1S/C17H26N4/c1-17(2,10-20(3)4)11-21-15-8-7-13(18)9-14(15)19-16(21)12-5-6-12/h7-9,12H,5-6,10-11,18H2,1-4H3. The van der Waals surface area contributed by atoms with Crippen molar-refractivity contribution in [2.24, 2.45) is 5.41 Å². The van der Waals surface area contributed by atoms with Crippen LogP contribution in [-0.4, -0.2) is 35.1 Å². The summed E-state index contributed by atoms with van der Waals surface area (Å²) in [7, 11) is 4.27. The van der Waals surface area contributed by atoms with Crippen molar-refractivity contribution in [3.8, 4) is 0 Å². The maximum Gasteiger partial charge on any atom is 0.113 e. The van der Waals surface area contributed by atoms with Crippen LogP contribution < -0.4 is 5.73 Å². The third-order valence-corrected chi connectivity index (χ3v) is 4.07. The quantitative estimate of drug-likeness (QED) is 0.859. The second-order valence-electron chi connectivity index (χ2n) is 7.48. The number of benzene rings is 1. The first-order valence-corrected chi connectivity index (χ1v) is 7.76. The van der Waals surface area contributed by atoms with Gasteiger partial charge in [-0.2, -0.15) is 0 Å². The molecule has 3 rings (SSSR count). The van der Waals surface area contributed by atoms with Gasteiger partial charge in [0.05, 0.1) is 11.0 Å². The minimum atomic E-state index is 0.210. The number of nitrogen functional groups attached to an aromatic ring is 1. The molecule has 0 spiro atoms. The Kier molecular flexibility index (Phi) is 3.44. The summed E-state index contributed by atoms with van der Waals surface area (Å²) in [5.74, 6) is 1.90. The molecule has 0 atom stereocenters. The average molecular weight is 286 g/mol. The van der Waals surface area contributed by atoms with Crippen molar-refractivity contribution in [3.05, 3.63) is 24.0 Å². The third-order valence-electron chi connectivity index (χ3n) is 4.07. The lowest BCUT2D eigenvalue weighted by Gasteiger charge is -2.29. The third kappa shape index (κ3) is 3.05. The molecule has 0 saturated heterocycles. The second kappa shape index (κ2) is 5.02. The molecule has 1 aromatic heterocycles. The Balaban J connectivity index is 2.01. The molecule has 4 heteroatoms. The van der Waals surface area contributed by atoms with Gasteiger partial charge in [0, 0.05) is 24.7 Å². The van der Waals surface area contributed by atoms with Crippen molar-refractivity contribution >= 4 is 16.7 Å². The number of nitrogens with zero attached hydrogens (tertiary/aromatic N) is 3. The van der Waals surface area contributed by atoms with Crippen molar-refractivity contribution in [1.82, 2.24) is 14.5 Å². The van der Waals surface area contributed by atoms with E-state index in [-0.39, 0.29) is 5.41 Å². The Bertz CT molecular complexity index is 650. The highest BCUT2D eigenvalue weighted by Crippen LogP contribution is 2.41. The molecule has 2 N–H and O–H groups in total. The number of nitrogens with two attached hydrogens (primary N) is 1. The molecular weight excluding hydrogens is 260 g/mol. The number of aromatic nitrogens is 2. The summed E-state index contributed by atoms with van der Waals surface area (Å²) >= 11 is 0. The predicted octanol–water partition coefficient (Wildman–Crippen LogP) is 3.08. The number of hydrogen-bond donors (Lipinski definition) is 1. The van der Waals surface area contributed by atoms with E-state index >= 15 is 0 Å². The summed E-state index contributed by atoms with van der Waals surface area (Å²) in [6, 6.07) is 6.10. The van der Waals surface area contributed by atoms with E-state index in [0.717, 1.165) is 24.3 Å². The minimum Gasteiger partial charge on any atom is -0.399 e. The van der Waals surface area contributed by atoms with Crippen LogP contribution >= 0.6 is 0 Å². The van der Waals surface area contributed by atoms with Gasteiger partial charge in [-0.15, -0.1) is 0 Å². The number of hydrogen-bond acceptors (Lipinski definition) is 3. The first-order valence-electron chi connectivity index (χ1n) is 7.76. The highest BCUT2D eigenvalue weighted by Gasteiger charge is 2.31. The van der Waals surface area contributed by atoms with E-state index in [1.54, 1.807) is 0 Å². The average Bonchev–Trinajstić information content (AvgIpc) is 3.12. The zero-order valence-electron chi connectivity index (χ0n) is 13.6. The van der Waals surface area contributed by atoms with Gasteiger partial charge in [-0.1, -0.05) is 13.8 Å². The first-order chi connectivity index (χ1) is 9.85. The summed E-state index contributed by atoms with van der Waals surface area (Å²) in [5.41, 5.74) is 9.18. The van der Waals surface area contributed by atoms with Gasteiger partial charge in [0.1, 0.15) is 5.82 Å². The summed E-state index contributed by atoms with van der Waals surface area (Å²) < 4.78 is 2.43. The Morgan fingerprint density at radius 3 is 2.67 bits per heavy atom. The molecule has 0 amide bonds. The molecule has 1 aromatic carbocycles. The maximum absolute atomic E-state index is 5.91. The van der Waals surface area contributed by atoms with Crippen molar-refractivity contribution < 1.29 is 0 Å². The number of fused-ring (bicyclic) bond motifs is 1. The van der Waals surface area contributed by atoms with Crippen molar-refractivity contribution in [2.75, 3.05) is 26.4 Å². The smallest absolute Gasteiger partial charge is 0.113 e. The van der Waals surface area contributed by atoms with Gasteiger partial charge in [0.25, 0.3) is 0 Å². The van der Waals surface area contributed by atoms with Gasteiger partial charge < -0.3 is 15.2 Å². The van der Waals surface area contributed by atoms with E-state index in [9.17, 15) is 0 Å². The second-order valence-corrected chi connectivity index (χ2v) is 7.48. The number of anilines is 1. The Hall–Kier alpha value is -1.55. The molecule has 1 aliphatic carbocycles. The Morgan fingerprint density at radius 2 is 2.05 bits per heavy atom. The Morgan fingerprint density at radius 1 is 1.33 bits per heavy atom. The van der Waals surface area contributed by atoms with Gasteiger partial charge >= 0.3 is 0 Å². The normalized spacial score (nSPS) is 16.0. The summed E-state index contributed by atoms with van der Waals surface area (Å²) in [6.07, 6.45) is 2.54. The van der Waals surface area contributed by atoms with Crippen LogP contribution in [0.2, 0.25) is 0 Å². The van der Waals surface area contributed by atoms with Crippen molar-refractivity contribution in [1.29, 1.82) is 0 Å². The van der Waals surface area contributed by atoms with Crippen molar-refractivity contribution in [3.63, 3.8) is 0 Å². The summed E-state index contributed by atoms with van der Waals surface area (Å²) in [5, 5.41) is 0. The molecule has 2 aromatic rings. The lowest BCUT2D eigenvalue weighted by atomic mass is 9.92. The van der Waals surface area contributed by atoms with Crippen LogP contribution in [0.1, 0.15) is 38.4 Å². The molecule has 1 aliphatic rings. The fraction of sp³-hybridized carbons (Fsp3) is 0.588. The molecule has 21 heavy (non-hydrogen) atoms. The van der Waals surface area contributed by atoms with Gasteiger partial charge in [0.2, 0.25) is 0 Å². The van der Waals surface area contributed by atoms with Crippen LogP contribution in [0, 0.1) is 5.41 Å². The zero-order chi connectivity index (χ0) is 15.2. The van der Waals surface area contributed by atoms with Gasteiger partial charge in [0.15, 0.2) is 0 Å². The topological polar surface area (TPSA) is 47.1 Å². The molecule has 1 fully saturated rings. The van der Waals surface area contributed by atoms with E-state index in [0.29, 0.717) is 5.92 Å². The first kappa shape index (κ1) is 14.4. The SMILES string of the molecule is CN(C)CC(C)(C)Cn1c(C2CC2)nc2cc(N)ccc21. The fourth-order valence-corrected chi connectivity index (χ4v) is 3.32. The molecular formula is C17H26N4. The predicted molar refractivity (Wildman–Crippen MR) is 88.5 cm³/mol. The molecule has 0 aliphatic heterocycles. The van der Waals surface area contributed by atoms with Crippen LogP contribution in [0.3, 0.4) is 0 Å². The van der Waals surface area contributed by atoms with E-state index in [1.165, 1.54) is 24.2 Å². The van der Waals surface area contributed by atoms with Crippen LogP contribution in [0.15, 0.2) is 18.2 Å². The van der Waals surface area contributed by atoms with E-state index in [4.69, 9.17) is 10.7 Å². The monoisotopic (exact) mass is 286 g/mol. The highest BCUT2D eigenvalue weighted by molar-refractivity contribution is 5.80. The minimum absolute atomic E-state index is 0.210. The lowest BCUT2D eigenvalue weighted by Crippen LogP contribution is -2.32. The Labute approximate surface area is 126 Å². The van der Waals surface area contributed by atoms with Gasteiger partial charge in [-0.05, 0) is 50.6 Å². The lowest BCUT2D eigenvalue weighted by molar-refractivity contribution is 0.211. The zero-order valence-corrected chi connectivity index (χ0v) is 13.6. The van der Waals surface area contributed by atoms with Crippen LogP contribution in [-0.2, 0) is 6.54 Å². The fourth-order valence-electron chi connectivity index (χ4n) is 3.32. The summed E-state index contributed by atoms with van der Waals surface area (Å²) in [4.78, 5) is 7.13. The molecule has 1 heterocycles. The van der Waals surface area contributed by atoms with Crippen molar-refractivity contribution in [2.45, 2.75) is 39.2 Å². The molecule has 0 unspecified atom stereocenters. The molecule has 4 nitrogen and oxygen atoms in total. The van der Waals surface area contributed by atoms with Crippen LogP contribution in [0.4, 0.5) is 5.69 Å². The molecule has 0 bridgehead atoms. The van der Waals surface area contributed by atoms with E-state index in [2.05, 4.69) is 43.5 Å².